The largest absolute Gasteiger partial charge is 0.350 e. The minimum absolute atomic E-state index is 0.212. The summed E-state index contributed by atoms with van der Waals surface area (Å²) in [5, 5.41) is 6.48. The van der Waals surface area contributed by atoms with Gasteiger partial charge in [-0.3, -0.25) is 4.79 Å². The molecule has 1 aromatic carbocycles. The fraction of sp³-hybridized carbons (Fsp3) is 0.385. The molecule has 1 saturated heterocycles. The number of hydrogen-bond acceptors (Lipinski definition) is 2. The summed E-state index contributed by atoms with van der Waals surface area (Å²) in [6.45, 7) is 2.50. The van der Waals surface area contributed by atoms with E-state index in [9.17, 15) is 9.59 Å². The highest BCUT2D eigenvalue weighted by Gasteiger charge is 2.32. The maximum Gasteiger partial charge on any atom is 0.317 e. The number of amides is 3. The van der Waals surface area contributed by atoms with Crippen LogP contribution in [-0.4, -0.2) is 36.5 Å². The van der Waals surface area contributed by atoms with E-state index in [4.69, 9.17) is 23.2 Å². The fourth-order valence-corrected chi connectivity index (χ4v) is 2.77. The number of aryl methyl sites for hydroxylation is 1. The number of carbonyl (C=O) groups is 2. The van der Waals surface area contributed by atoms with Crippen LogP contribution in [0.2, 0.25) is 10.0 Å². The molecule has 20 heavy (non-hydrogen) atoms. The van der Waals surface area contributed by atoms with Gasteiger partial charge in [-0.15, -0.1) is 0 Å². The first-order chi connectivity index (χ1) is 9.40. The van der Waals surface area contributed by atoms with Crippen LogP contribution in [0, 0.1) is 6.92 Å². The highest BCUT2D eigenvalue weighted by Crippen LogP contribution is 2.24. The van der Waals surface area contributed by atoms with Crippen molar-refractivity contribution < 1.29 is 9.59 Å². The van der Waals surface area contributed by atoms with Crippen LogP contribution in [0.25, 0.3) is 0 Å². The molecule has 1 aliphatic rings. The van der Waals surface area contributed by atoms with Crippen LogP contribution >= 0.6 is 23.2 Å². The van der Waals surface area contributed by atoms with Gasteiger partial charge in [0.25, 0.3) is 0 Å². The Morgan fingerprint density at radius 3 is 2.75 bits per heavy atom. The summed E-state index contributed by atoms with van der Waals surface area (Å²) >= 11 is 12.0. The van der Waals surface area contributed by atoms with Crippen molar-refractivity contribution in [3.63, 3.8) is 0 Å². The number of urea groups is 1. The van der Waals surface area contributed by atoms with Crippen LogP contribution in [0.3, 0.4) is 0 Å². The summed E-state index contributed by atoms with van der Waals surface area (Å²) in [6, 6.07) is 2.70. The van der Waals surface area contributed by atoms with Gasteiger partial charge in [0.05, 0.1) is 0 Å². The third-order valence-corrected chi connectivity index (χ3v) is 3.92. The van der Waals surface area contributed by atoms with Crippen molar-refractivity contribution in [1.29, 1.82) is 0 Å². The lowest BCUT2D eigenvalue weighted by Gasteiger charge is -2.18. The second-order valence-corrected chi connectivity index (χ2v) is 5.56. The van der Waals surface area contributed by atoms with E-state index in [1.54, 1.807) is 19.2 Å². The van der Waals surface area contributed by atoms with Crippen molar-refractivity contribution in [2.75, 3.05) is 13.6 Å². The SMILES string of the molecule is Cc1cc(Cl)cc(Cl)c1CNC(=O)C1CNC(=O)N1C. The molecule has 0 spiro atoms. The molecule has 1 heterocycles. The van der Waals surface area contributed by atoms with Gasteiger partial charge in [0.15, 0.2) is 0 Å². The van der Waals surface area contributed by atoms with Gasteiger partial charge in [0.1, 0.15) is 6.04 Å². The van der Waals surface area contributed by atoms with E-state index in [0.717, 1.165) is 11.1 Å². The molecule has 0 aromatic heterocycles. The summed E-state index contributed by atoms with van der Waals surface area (Å²) in [5.41, 5.74) is 1.74. The molecule has 1 unspecified atom stereocenters. The summed E-state index contributed by atoms with van der Waals surface area (Å²) in [7, 11) is 1.59. The number of benzene rings is 1. The van der Waals surface area contributed by atoms with Gasteiger partial charge in [0, 0.05) is 30.2 Å². The second-order valence-electron chi connectivity index (χ2n) is 4.71. The van der Waals surface area contributed by atoms with Gasteiger partial charge in [-0.2, -0.15) is 0 Å². The quantitative estimate of drug-likeness (QED) is 0.895. The van der Waals surface area contributed by atoms with Crippen LogP contribution in [0.1, 0.15) is 11.1 Å². The molecule has 108 valence electrons. The Balaban J connectivity index is 2.03. The molecule has 2 N–H and O–H groups in total. The molecule has 0 aliphatic carbocycles. The second kappa shape index (κ2) is 5.89. The Hall–Kier alpha value is -1.46. The molecule has 1 atom stereocenters. The van der Waals surface area contributed by atoms with Crippen molar-refractivity contribution in [2.45, 2.75) is 19.5 Å². The Labute approximate surface area is 127 Å². The van der Waals surface area contributed by atoms with Crippen molar-refractivity contribution in [3.05, 3.63) is 33.3 Å². The number of rotatable bonds is 3. The molecule has 1 fully saturated rings. The molecule has 0 saturated carbocycles. The minimum atomic E-state index is -0.492. The van der Waals surface area contributed by atoms with Crippen molar-refractivity contribution >= 4 is 35.1 Å². The maximum atomic E-state index is 12.1. The maximum absolute atomic E-state index is 12.1. The van der Waals surface area contributed by atoms with E-state index in [1.165, 1.54) is 4.90 Å². The lowest BCUT2D eigenvalue weighted by molar-refractivity contribution is -0.124. The standard InChI is InChI=1S/C13H15Cl2N3O2/c1-7-3-8(14)4-10(15)9(7)5-16-12(19)11-6-17-13(20)18(11)2/h3-4,11H,5-6H2,1-2H3,(H,16,19)(H,17,20). The van der Waals surface area contributed by atoms with Crippen molar-refractivity contribution in [1.82, 2.24) is 15.5 Å². The van der Waals surface area contributed by atoms with Crippen LogP contribution in [0.15, 0.2) is 12.1 Å². The van der Waals surface area contributed by atoms with E-state index in [0.29, 0.717) is 23.1 Å². The lowest BCUT2D eigenvalue weighted by Crippen LogP contribution is -2.43. The summed E-state index contributed by atoms with van der Waals surface area (Å²) in [5.74, 6) is -0.212. The molecule has 5 nitrogen and oxygen atoms in total. The zero-order valence-corrected chi connectivity index (χ0v) is 12.7. The molecule has 2 rings (SSSR count). The first kappa shape index (κ1) is 14.9. The van der Waals surface area contributed by atoms with Crippen LogP contribution in [-0.2, 0) is 11.3 Å². The fourth-order valence-electron chi connectivity index (χ4n) is 2.11. The number of nitrogens with zero attached hydrogens (tertiary/aromatic N) is 1. The van der Waals surface area contributed by atoms with E-state index in [-0.39, 0.29) is 11.9 Å². The van der Waals surface area contributed by atoms with Gasteiger partial charge in [-0.05, 0) is 30.2 Å². The third kappa shape index (κ3) is 2.99. The first-order valence-corrected chi connectivity index (χ1v) is 6.88. The third-order valence-electron chi connectivity index (χ3n) is 3.36. The zero-order chi connectivity index (χ0) is 14.9. The Morgan fingerprint density at radius 1 is 1.50 bits per heavy atom. The number of likely N-dealkylation sites (N-methyl/N-ethyl adjacent to an activating group) is 1. The molecular weight excluding hydrogens is 301 g/mol. The van der Waals surface area contributed by atoms with Crippen molar-refractivity contribution in [2.24, 2.45) is 0 Å². The molecule has 7 heteroatoms. The molecule has 1 aliphatic heterocycles. The van der Waals surface area contributed by atoms with Gasteiger partial charge < -0.3 is 15.5 Å². The van der Waals surface area contributed by atoms with Crippen LogP contribution in [0.4, 0.5) is 4.79 Å². The van der Waals surface area contributed by atoms with E-state index < -0.39 is 6.04 Å². The minimum Gasteiger partial charge on any atom is -0.350 e. The lowest BCUT2D eigenvalue weighted by atomic mass is 10.1. The van der Waals surface area contributed by atoms with Gasteiger partial charge in [0.2, 0.25) is 5.91 Å². The normalized spacial score (nSPS) is 18.1. The van der Waals surface area contributed by atoms with Gasteiger partial charge in [-0.25, -0.2) is 4.79 Å². The summed E-state index contributed by atoms with van der Waals surface area (Å²) in [6.07, 6.45) is 0. The molecule has 0 bridgehead atoms. The average Bonchev–Trinajstić information content (AvgIpc) is 2.68. The van der Waals surface area contributed by atoms with E-state index in [1.807, 2.05) is 6.92 Å². The topological polar surface area (TPSA) is 61.4 Å². The van der Waals surface area contributed by atoms with Gasteiger partial charge in [-0.1, -0.05) is 23.2 Å². The highest BCUT2D eigenvalue weighted by molar-refractivity contribution is 6.35. The van der Waals surface area contributed by atoms with Gasteiger partial charge >= 0.3 is 6.03 Å². The predicted molar refractivity (Wildman–Crippen MR) is 78.0 cm³/mol. The number of carbonyl (C=O) groups excluding carboxylic acids is 2. The van der Waals surface area contributed by atoms with Crippen LogP contribution in [0.5, 0.6) is 0 Å². The first-order valence-electron chi connectivity index (χ1n) is 6.13. The van der Waals surface area contributed by atoms with Crippen LogP contribution < -0.4 is 10.6 Å². The molecule has 0 radical (unpaired) electrons. The smallest absolute Gasteiger partial charge is 0.317 e. The monoisotopic (exact) mass is 315 g/mol. The van der Waals surface area contributed by atoms with E-state index >= 15 is 0 Å². The Bertz CT molecular complexity index is 540. The highest BCUT2D eigenvalue weighted by atomic mass is 35.5. The summed E-state index contributed by atoms with van der Waals surface area (Å²) < 4.78 is 0. The Kier molecular flexibility index (Phi) is 4.40. The molecule has 1 aromatic rings. The predicted octanol–water partition coefficient (Wildman–Crippen LogP) is 1.94. The Morgan fingerprint density at radius 2 is 2.20 bits per heavy atom. The summed E-state index contributed by atoms with van der Waals surface area (Å²) in [4.78, 5) is 24.7. The molecular formula is C13H15Cl2N3O2. The number of hydrogen-bond donors (Lipinski definition) is 2. The number of nitrogens with one attached hydrogen (secondary N) is 2. The van der Waals surface area contributed by atoms with Crippen molar-refractivity contribution in [3.8, 4) is 0 Å². The number of halogens is 2. The zero-order valence-electron chi connectivity index (χ0n) is 11.2. The average molecular weight is 316 g/mol. The van der Waals surface area contributed by atoms with E-state index in [2.05, 4.69) is 10.6 Å². The molecule has 3 amide bonds.